The molecule has 0 bridgehead atoms. The first-order valence-corrected chi connectivity index (χ1v) is 4.70. The van der Waals surface area contributed by atoms with E-state index in [-0.39, 0.29) is 12.0 Å². The highest BCUT2D eigenvalue weighted by Crippen LogP contribution is 2.25. The van der Waals surface area contributed by atoms with Gasteiger partial charge in [0.25, 0.3) is 0 Å². The van der Waals surface area contributed by atoms with Crippen molar-refractivity contribution in [1.82, 2.24) is 0 Å². The molecule has 0 aromatic heterocycles. The molecule has 3 heteroatoms. The lowest BCUT2D eigenvalue weighted by molar-refractivity contribution is -0.120. The van der Waals surface area contributed by atoms with Gasteiger partial charge in [0.15, 0.2) is 0 Å². The minimum Gasteiger partial charge on any atom is -0.328 e. The Morgan fingerprint density at radius 1 is 1.60 bits per heavy atom. The minimum atomic E-state index is 0.245. The van der Waals surface area contributed by atoms with Crippen LogP contribution < -0.4 is 5.73 Å². The Labute approximate surface area is 69.3 Å². The highest BCUT2D eigenvalue weighted by Gasteiger charge is 2.26. The predicted octanol–water partition coefficient (Wildman–Crippen LogP) is 1.08. The van der Waals surface area contributed by atoms with Crippen molar-refractivity contribution in [2.45, 2.75) is 25.3 Å². The van der Waals surface area contributed by atoms with E-state index in [2.05, 4.69) is 15.9 Å². The van der Waals surface area contributed by atoms with E-state index in [4.69, 9.17) is 5.73 Å². The van der Waals surface area contributed by atoms with Gasteiger partial charge in [-0.05, 0) is 19.3 Å². The quantitative estimate of drug-likeness (QED) is 0.687. The molecule has 2 N–H and O–H groups in total. The van der Waals surface area contributed by atoms with E-state index in [9.17, 15) is 4.79 Å². The average molecular weight is 206 g/mol. The number of hydrogen-bond acceptors (Lipinski definition) is 2. The van der Waals surface area contributed by atoms with Gasteiger partial charge in [0.1, 0.15) is 5.78 Å². The molecule has 0 aliphatic heterocycles. The van der Waals surface area contributed by atoms with Crippen molar-refractivity contribution in [2.75, 3.05) is 5.33 Å². The average Bonchev–Trinajstić information content (AvgIpc) is 2.34. The zero-order chi connectivity index (χ0) is 7.56. The van der Waals surface area contributed by atoms with Crippen LogP contribution in [0.5, 0.6) is 0 Å². The Morgan fingerprint density at radius 3 is 2.70 bits per heavy atom. The number of alkyl halides is 1. The van der Waals surface area contributed by atoms with Crippen LogP contribution >= 0.6 is 15.9 Å². The van der Waals surface area contributed by atoms with Gasteiger partial charge in [-0.3, -0.25) is 4.79 Å². The Kier molecular flexibility index (Phi) is 2.86. The molecule has 1 fully saturated rings. The standard InChI is InChI=1S/C7H12BrNO/c8-4-7(10)5-1-2-6(9)3-5/h5-6H,1-4,9H2/t5-,6+/m0/s1. The summed E-state index contributed by atoms with van der Waals surface area (Å²) in [7, 11) is 0. The first kappa shape index (κ1) is 8.21. The smallest absolute Gasteiger partial charge is 0.146 e. The first-order valence-electron chi connectivity index (χ1n) is 3.58. The predicted molar refractivity (Wildman–Crippen MR) is 44.1 cm³/mol. The number of Topliss-reactive ketones (excluding diaryl/α,β-unsaturated/α-hetero) is 1. The van der Waals surface area contributed by atoms with E-state index in [1.165, 1.54) is 0 Å². The zero-order valence-corrected chi connectivity index (χ0v) is 7.43. The number of hydrogen-bond donors (Lipinski definition) is 1. The lowest BCUT2D eigenvalue weighted by Crippen LogP contribution is -2.18. The molecule has 1 rings (SSSR count). The van der Waals surface area contributed by atoms with Crippen molar-refractivity contribution in [3.63, 3.8) is 0 Å². The molecule has 1 saturated carbocycles. The van der Waals surface area contributed by atoms with E-state index >= 15 is 0 Å². The third kappa shape index (κ3) is 1.80. The largest absolute Gasteiger partial charge is 0.328 e. The van der Waals surface area contributed by atoms with Crippen LogP contribution in [0, 0.1) is 5.92 Å². The molecule has 10 heavy (non-hydrogen) atoms. The Morgan fingerprint density at radius 2 is 2.30 bits per heavy atom. The summed E-state index contributed by atoms with van der Waals surface area (Å²) in [5, 5.41) is 0.490. The highest BCUT2D eigenvalue weighted by atomic mass is 79.9. The summed E-state index contributed by atoms with van der Waals surface area (Å²) in [5.74, 6) is 0.558. The second-order valence-corrected chi connectivity index (χ2v) is 3.43. The number of nitrogens with two attached hydrogens (primary N) is 1. The van der Waals surface area contributed by atoms with Gasteiger partial charge in [0.05, 0.1) is 5.33 Å². The molecule has 0 saturated heterocycles. The fourth-order valence-electron chi connectivity index (χ4n) is 1.42. The SMILES string of the molecule is N[C@@H]1CC[C@H](C(=O)CBr)C1. The molecule has 0 radical (unpaired) electrons. The molecule has 0 spiro atoms. The fraction of sp³-hybridized carbons (Fsp3) is 0.857. The van der Waals surface area contributed by atoms with Gasteiger partial charge in [0, 0.05) is 12.0 Å². The van der Waals surface area contributed by atoms with Crippen LogP contribution in [0.4, 0.5) is 0 Å². The second kappa shape index (κ2) is 3.49. The topological polar surface area (TPSA) is 43.1 Å². The fourth-order valence-corrected chi connectivity index (χ4v) is 1.88. The summed E-state index contributed by atoms with van der Waals surface area (Å²) in [4.78, 5) is 11.1. The van der Waals surface area contributed by atoms with Crippen LogP contribution in [0.2, 0.25) is 0 Å². The summed E-state index contributed by atoms with van der Waals surface area (Å²) in [6, 6.07) is 0.271. The van der Waals surface area contributed by atoms with Gasteiger partial charge < -0.3 is 5.73 Å². The van der Waals surface area contributed by atoms with Gasteiger partial charge >= 0.3 is 0 Å². The van der Waals surface area contributed by atoms with Gasteiger partial charge in [-0.1, -0.05) is 15.9 Å². The van der Waals surface area contributed by atoms with Gasteiger partial charge in [-0.25, -0.2) is 0 Å². The van der Waals surface area contributed by atoms with Crippen LogP contribution in [0.1, 0.15) is 19.3 Å². The minimum absolute atomic E-state index is 0.245. The molecule has 0 aromatic carbocycles. The summed E-state index contributed by atoms with van der Waals surface area (Å²) in [5.41, 5.74) is 5.65. The summed E-state index contributed by atoms with van der Waals surface area (Å²) in [6.07, 6.45) is 2.90. The third-order valence-electron chi connectivity index (χ3n) is 2.06. The summed E-state index contributed by atoms with van der Waals surface area (Å²) >= 11 is 3.15. The van der Waals surface area contributed by atoms with Crippen LogP contribution in [0.3, 0.4) is 0 Å². The maximum Gasteiger partial charge on any atom is 0.146 e. The maximum atomic E-state index is 11.1. The summed E-state index contributed by atoms with van der Waals surface area (Å²) in [6.45, 7) is 0. The van der Waals surface area contributed by atoms with E-state index in [0.29, 0.717) is 11.1 Å². The summed E-state index contributed by atoms with van der Waals surface area (Å²) < 4.78 is 0. The zero-order valence-electron chi connectivity index (χ0n) is 5.85. The molecule has 0 unspecified atom stereocenters. The molecule has 58 valence electrons. The molecule has 1 aliphatic carbocycles. The molecule has 0 heterocycles. The van der Waals surface area contributed by atoms with E-state index in [0.717, 1.165) is 19.3 Å². The van der Waals surface area contributed by atoms with Crippen molar-refractivity contribution in [3.05, 3.63) is 0 Å². The normalized spacial score (nSPS) is 32.6. The second-order valence-electron chi connectivity index (χ2n) is 2.87. The van der Waals surface area contributed by atoms with Crippen molar-refractivity contribution in [3.8, 4) is 0 Å². The van der Waals surface area contributed by atoms with Gasteiger partial charge in [0.2, 0.25) is 0 Å². The van der Waals surface area contributed by atoms with E-state index < -0.39 is 0 Å². The van der Waals surface area contributed by atoms with Crippen LogP contribution in [-0.4, -0.2) is 17.2 Å². The number of carbonyl (C=O) groups excluding carboxylic acids is 1. The maximum absolute atomic E-state index is 11.1. The molecule has 0 aromatic rings. The Bertz CT molecular complexity index is 138. The van der Waals surface area contributed by atoms with Crippen molar-refractivity contribution in [1.29, 1.82) is 0 Å². The molecule has 2 nitrogen and oxygen atoms in total. The number of rotatable bonds is 2. The monoisotopic (exact) mass is 205 g/mol. The molecular weight excluding hydrogens is 194 g/mol. The number of halogens is 1. The van der Waals surface area contributed by atoms with Gasteiger partial charge in [-0.15, -0.1) is 0 Å². The lowest BCUT2D eigenvalue weighted by Gasteiger charge is -2.03. The number of carbonyl (C=O) groups is 1. The molecular formula is C7H12BrNO. The van der Waals surface area contributed by atoms with Crippen molar-refractivity contribution in [2.24, 2.45) is 11.7 Å². The first-order chi connectivity index (χ1) is 4.74. The van der Waals surface area contributed by atoms with E-state index in [1.54, 1.807) is 0 Å². The van der Waals surface area contributed by atoms with Crippen molar-refractivity contribution < 1.29 is 4.79 Å². The van der Waals surface area contributed by atoms with Crippen molar-refractivity contribution >= 4 is 21.7 Å². The third-order valence-corrected chi connectivity index (χ3v) is 2.61. The van der Waals surface area contributed by atoms with Gasteiger partial charge in [-0.2, -0.15) is 0 Å². The van der Waals surface area contributed by atoms with Crippen LogP contribution in [0.15, 0.2) is 0 Å². The lowest BCUT2D eigenvalue weighted by atomic mass is 10.0. The Hall–Kier alpha value is 0.110. The Balaban J connectivity index is 2.37. The van der Waals surface area contributed by atoms with Crippen LogP contribution in [0.25, 0.3) is 0 Å². The van der Waals surface area contributed by atoms with Crippen LogP contribution in [-0.2, 0) is 4.79 Å². The molecule has 2 atom stereocenters. The number of ketones is 1. The molecule has 0 amide bonds. The van der Waals surface area contributed by atoms with E-state index in [1.807, 2.05) is 0 Å². The molecule has 1 aliphatic rings. The highest BCUT2D eigenvalue weighted by molar-refractivity contribution is 9.09.